The molecule has 1 amide bonds. The summed E-state index contributed by atoms with van der Waals surface area (Å²) in [6.45, 7) is -10.3. The minimum atomic E-state index is -4.99. The van der Waals surface area contributed by atoms with Gasteiger partial charge in [-0.2, -0.15) is 0 Å². The zero-order chi connectivity index (χ0) is 29.1. The molecule has 0 unspecified atom stereocenters. The van der Waals surface area contributed by atoms with E-state index in [0.29, 0.717) is 0 Å². The molecule has 9 heteroatoms. The van der Waals surface area contributed by atoms with Gasteiger partial charge < -0.3 is 14.4 Å². The maximum absolute atomic E-state index is 13.8. The molecule has 154 valence electrons. The van der Waals surface area contributed by atoms with Crippen LogP contribution in [0.3, 0.4) is 0 Å². The number of alkyl halides is 3. The van der Waals surface area contributed by atoms with Gasteiger partial charge in [0.1, 0.15) is 23.9 Å². The molecule has 3 aromatic rings. The van der Waals surface area contributed by atoms with Gasteiger partial charge in [-0.05, 0) is 41.4 Å². The van der Waals surface area contributed by atoms with Gasteiger partial charge in [0.25, 0.3) is 5.91 Å². The van der Waals surface area contributed by atoms with Crippen LogP contribution in [-0.4, -0.2) is 40.2 Å². The Bertz CT molecular complexity index is 1440. The molecule has 0 radical (unpaired) electrons. The van der Waals surface area contributed by atoms with E-state index in [-0.39, 0.29) is 10.5 Å². The van der Waals surface area contributed by atoms with Crippen molar-refractivity contribution >= 4 is 5.91 Å². The Balaban J connectivity index is 1.96. The summed E-state index contributed by atoms with van der Waals surface area (Å²) in [5.41, 5.74) is -1.53. The molecule has 0 bridgehead atoms. The minimum Gasteiger partial charge on any atom is -0.491 e. The Kier molecular flexibility index (Phi) is 3.08. The third-order valence-corrected chi connectivity index (χ3v) is 3.66. The van der Waals surface area contributed by atoms with E-state index in [4.69, 9.17) is 17.1 Å². The summed E-state index contributed by atoms with van der Waals surface area (Å²) in [4.78, 5) is 21.0. The van der Waals surface area contributed by atoms with E-state index < -0.39 is 78.4 Å². The Morgan fingerprint density at radius 3 is 2.63 bits per heavy atom. The molecule has 0 fully saturated rings. The van der Waals surface area contributed by atoms with E-state index in [1.165, 1.54) is 6.07 Å². The predicted molar refractivity (Wildman–Crippen MR) is 101 cm³/mol. The summed E-state index contributed by atoms with van der Waals surface area (Å²) in [6, 6.07) is 2.48. The van der Waals surface area contributed by atoms with E-state index >= 15 is 0 Å². The molecular formula is C21H16F3N3O3. The van der Waals surface area contributed by atoms with Crippen molar-refractivity contribution in [3.05, 3.63) is 72.2 Å². The van der Waals surface area contributed by atoms with Gasteiger partial charge >= 0.3 is 6.36 Å². The molecule has 4 rings (SSSR count). The molecule has 0 saturated carbocycles. The normalized spacial score (nSPS) is 22.2. The van der Waals surface area contributed by atoms with Crippen LogP contribution in [0.2, 0.25) is 0 Å². The van der Waals surface area contributed by atoms with Crippen LogP contribution in [0.1, 0.15) is 28.5 Å². The second-order valence-electron chi connectivity index (χ2n) is 5.67. The summed E-state index contributed by atoms with van der Waals surface area (Å²) in [6.07, 6.45) is -2.79. The van der Waals surface area contributed by atoms with E-state index in [1.807, 2.05) is 0 Å². The van der Waals surface area contributed by atoms with Gasteiger partial charge in [0.2, 0.25) is 0 Å². The Labute approximate surface area is 182 Å². The number of carbonyl (C=O) groups is 1. The number of benzene rings is 2. The molecule has 0 spiro atoms. The molecule has 1 aromatic heterocycles. The lowest BCUT2D eigenvalue weighted by Crippen LogP contribution is -2.32. The van der Waals surface area contributed by atoms with Crippen LogP contribution < -0.4 is 9.47 Å². The summed E-state index contributed by atoms with van der Waals surface area (Å²) >= 11 is 0. The first-order chi connectivity index (χ1) is 17.9. The zero-order valence-electron chi connectivity index (χ0n) is 23.7. The highest BCUT2D eigenvalue weighted by Gasteiger charge is 2.31. The highest BCUT2D eigenvalue weighted by molar-refractivity contribution is 5.98. The minimum absolute atomic E-state index is 0.111. The summed E-state index contributed by atoms with van der Waals surface area (Å²) in [5.74, 6) is -3.97. The molecule has 2 aromatic carbocycles. The largest absolute Gasteiger partial charge is 0.573 e. The molecular weight excluding hydrogens is 399 g/mol. The molecule has 1 aliphatic rings. The number of ether oxygens (including phenoxy) is 2. The fraction of sp³-hybridized carbons (Fsp3) is 0.190. The van der Waals surface area contributed by atoms with E-state index in [0.717, 1.165) is 36.7 Å². The monoisotopic (exact) mass is 424 g/mol. The summed E-state index contributed by atoms with van der Waals surface area (Å²) in [7, 11) is 0. The van der Waals surface area contributed by atoms with Gasteiger partial charge in [0.05, 0.1) is 30.9 Å². The Morgan fingerprint density at radius 2 is 1.93 bits per heavy atom. The van der Waals surface area contributed by atoms with Crippen molar-refractivity contribution in [2.75, 3.05) is 13.1 Å². The van der Waals surface area contributed by atoms with Gasteiger partial charge in [-0.3, -0.25) is 4.79 Å². The standard InChI is InChI=1S/C21H16F3N3O3/c22-21(23,24)30-16-5-2-14(3-6-16)15-4-7-18-17(12-15)20(28)27(10-11-29-18)13-19-25-8-1-9-26-19/h1-9,12H,10-11,13H2/i4D,7D,10D2,11D2,12D,13D2. The molecule has 1 aliphatic heterocycles. The number of hydrogen-bond donors (Lipinski definition) is 0. The van der Waals surface area contributed by atoms with Crippen LogP contribution in [0.25, 0.3) is 11.1 Å². The van der Waals surface area contributed by atoms with E-state index in [2.05, 4.69) is 14.7 Å². The Morgan fingerprint density at radius 1 is 1.20 bits per heavy atom. The third kappa shape index (κ3) is 4.51. The van der Waals surface area contributed by atoms with Gasteiger partial charge in [-0.1, -0.05) is 18.2 Å². The molecule has 0 aliphatic carbocycles. The summed E-state index contributed by atoms with van der Waals surface area (Å²) < 4.78 is 122. The van der Waals surface area contributed by atoms with E-state index in [1.54, 1.807) is 0 Å². The summed E-state index contributed by atoms with van der Waals surface area (Å²) in [5, 5.41) is 0. The fourth-order valence-corrected chi connectivity index (χ4v) is 2.41. The molecule has 2 heterocycles. The third-order valence-electron chi connectivity index (χ3n) is 3.66. The second kappa shape index (κ2) is 8.02. The number of hydrogen-bond acceptors (Lipinski definition) is 5. The van der Waals surface area contributed by atoms with Crippen molar-refractivity contribution in [1.29, 1.82) is 0 Å². The van der Waals surface area contributed by atoms with Crippen LogP contribution in [-0.2, 0) is 6.50 Å². The quantitative estimate of drug-likeness (QED) is 0.632. The first-order valence-electron chi connectivity index (χ1n) is 12.7. The van der Waals surface area contributed by atoms with Crippen molar-refractivity contribution in [2.24, 2.45) is 0 Å². The number of nitrogens with zero attached hydrogens (tertiary/aromatic N) is 3. The smallest absolute Gasteiger partial charge is 0.491 e. The zero-order valence-corrected chi connectivity index (χ0v) is 14.7. The molecule has 0 saturated heterocycles. The first kappa shape index (κ1) is 11.5. The first-order valence-corrected chi connectivity index (χ1v) is 8.21. The average Bonchev–Trinajstić information content (AvgIpc) is 2.88. The number of carbonyl (C=O) groups excluding carboxylic acids is 1. The number of fused-ring (bicyclic) bond motifs is 1. The number of halogens is 3. The van der Waals surface area contributed by atoms with Gasteiger partial charge in [0, 0.05) is 12.4 Å². The van der Waals surface area contributed by atoms with Gasteiger partial charge in [-0.15, -0.1) is 13.2 Å². The Hall–Kier alpha value is -3.62. The van der Waals surface area contributed by atoms with Crippen molar-refractivity contribution in [2.45, 2.75) is 12.9 Å². The maximum atomic E-state index is 13.8. The van der Waals surface area contributed by atoms with Crippen molar-refractivity contribution in [3.63, 3.8) is 0 Å². The number of rotatable bonds is 4. The second-order valence-corrected chi connectivity index (χ2v) is 5.67. The number of aromatic nitrogens is 2. The molecule has 6 nitrogen and oxygen atoms in total. The highest BCUT2D eigenvalue weighted by Crippen LogP contribution is 2.31. The van der Waals surface area contributed by atoms with Crippen molar-refractivity contribution in [1.82, 2.24) is 14.9 Å². The van der Waals surface area contributed by atoms with Crippen molar-refractivity contribution in [3.8, 4) is 22.6 Å². The predicted octanol–water partition coefficient (Wildman–Crippen LogP) is 4.08. The topological polar surface area (TPSA) is 64.6 Å². The lowest BCUT2D eigenvalue weighted by atomic mass is 10.0. The van der Waals surface area contributed by atoms with Crippen LogP contribution in [0.5, 0.6) is 11.5 Å². The molecule has 0 N–H and O–H groups in total. The van der Waals surface area contributed by atoms with Crippen LogP contribution in [0.4, 0.5) is 13.2 Å². The molecule has 0 atom stereocenters. The average molecular weight is 424 g/mol. The van der Waals surface area contributed by atoms with Gasteiger partial charge in [0.15, 0.2) is 0 Å². The van der Waals surface area contributed by atoms with Crippen molar-refractivity contribution < 1.29 is 39.8 Å². The SMILES string of the molecule is [2H]c1c([2H])c(-c2ccc(OC(F)(F)F)cc2)c([2H])c2c1OC([2H])([2H])C([2H])([2H])N(C([2H])([2H])c1ncccn1)C2=O. The molecule has 30 heavy (non-hydrogen) atoms. The lowest BCUT2D eigenvalue weighted by molar-refractivity contribution is -0.274. The maximum Gasteiger partial charge on any atom is 0.573 e. The van der Waals surface area contributed by atoms with Crippen LogP contribution >= 0.6 is 0 Å². The van der Waals surface area contributed by atoms with E-state index in [9.17, 15) is 18.0 Å². The highest BCUT2D eigenvalue weighted by atomic mass is 19.4. The van der Waals surface area contributed by atoms with Gasteiger partial charge in [-0.25, -0.2) is 9.97 Å². The fourth-order valence-electron chi connectivity index (χ4n) is 2.41. The van der Waals surface area contributed by atoms with Crippen LogP contribution in [0.15, 0.2) is 60.9 Å². The van der Waals surface area contributed by atoms with Crippen LogP contribution in [0, 0.1) is 0 Å². The number of amides is 1. The lowest BCUT2D eigenvalue weighted by Gasteiger charge is -2.19.